The average molecular weight is 208 g/mol. The Hall–Kier alpha value is -0.820. The molecule has 1 nitrogen and oxygen atoms in total. The van der Waals surface area contributed by atoms with E-state index in [1.165, 1.54) is 11.1 Å². The van der Waals surface area contributed by atoms with Crippen molar-refractivity contribution >= 4 is 0 Å². The maximum absolute atomic E-state index is 5.13. The Balaban J connectivity index is 0.000000265. The summed E-state index contributed by atoms with van der Waals surface area (Å²) in [5.41, 5.74) is 2.74. The molecular weight excluding hydrogens is 184 g/mol. The van der Waals surface area contributed by atoms with Crippen LogP contribution in [0.5, 0.6) is 0 Å². The van der Waals surface area contributed by atoms with Crippen LogP contribution in [0.25, 0.3) is 0 Å². The fraction of sp³-hybridized carbons (Fsp3) is 0.571. The zero-order chi connectivity index (χ0) is 11.5. The maximum atomic E-state index is 5.13. The summed E-state index contributed by atoms with van der Waals surface area (Å²) >= 11 is 0. The first-order chi connectivity index (χ1) is 7.22. The van der Waals surface area contributed by atoms with Gasteiger partial charge in [-0.25, -0.2) is 0 Å². The lowest BCUT2D eigenvalue weighted by molar-refractivity contribution is 0.135. The van der Waals surface area contributed by atoms with Gasteiger partial charge in [0.25, 0.3) is 0 Å². The molecule has 0 unspecified atom stereocenters. The first-order valence-electron chi connectivity index (χ1n) is 5.82. The van der Waals surface area contributed by atoms with Crippen LogP contribution in [0.4, 0.5) is 0 Å². The average Bonchev–Trinajstić information content (AvgIpc) is 2.24. The summed E-state index contributed by atoms with van der Waals surface area (Å²) in [6.45, 7) is 10.3. The van der Waals surface area contributed by atoms with Gasteiger partial charge in [0.05, 0.1) is 0 Å². The lowest BCUT2D eigenvalue weighted by Gasteiger charge is -1.95. The number of ether oxygens (including phenoxy) is 1. The number of hydrogen-bond donors (Lipinski definition) is 0. The van der Waals surface area contributed by atoms with Crippen LogP contribution < -0.4 is 0 Å². The van der Waals surface area contributed by atoms with E-state index in [1.807, 2.05) is 0 Å². The number of aryl methyl sites for hydroxylation is 2. The third-order valence-corrected chi connectivity index (χ3v) is 2.12. The van der Waals surface area contributed by atoms with Gasteiger partial charge in [0.1, 0.15) is 0 Å². The Morgan fingerprint density at radius 3 is 1.53 bits per heavy atom. The third kappa shape index (κ3) is 8.19. The summed E-state index contributed by atoms with van der Waals surface area (Å²) in [6, 6.07) is 8.36. The summed E-state index contributed by atoms with van der Waals surface area (Å²) in [4.78, 5) is 0. The maximum Gasteiger partial charge on any atom is 0.0463 e. The summed E-state index contributed by atoms with van der Waals surface area (Å²) < 4.78 is 5.13. The van der Waals surface area contributed by atoms with Gasteiger partial charge in [0, 0.05) is 13.2 Å². The molecule has 15 heavy (non-hydrogen) atoms. The van der Waals surface area contributed by atoms with Crippen molar-refractivity contribution in [1.82, 2.24) is 0 Å². The second-order valence-corrected chi connectivity index (χ2v) is 3.70. The van der Waals surface area contributed by atoms with Crippen molar-refractivity contribution in [3.8, 4) is 0 Å². The van der Waals surface area contributed by atoms with Gasteiger partial charge >= 0.3 is 0 Å². The smallest absolute Gasteiger partial charge is 0.0463 e. The molecule has 0 radical (unpaired) electrons. The summed E-state index contributed by atoms with van der Waals surface area (Å²) in [6.07, 6.45) is 2.28. The molecule has 0 fully saturated rings. The van der Waals surface area contributed by atoms with Gasteiger partial charge < -0.3 is 4.74 Å². The zero-order valence-electron chi connectivity index (χ0n) is 10.5. The van der Waals surface area contributed by atoms with Crippen LogP contribution in [0, 0.1) is 13.8 Å². The molecule has 0 bridgehead atoms. The molecule has 0 spiro atoms. The van der Waals surface area contributed by atoms with Crippen LogP contribution >= 0.6 is 0 Å². The predicted octanol–water partition coefficient (Wildman–Crippen LogP) is 4.13. The van der Waals surface area contributed by atoms with Gasteiger partial charge in [-0.15, -0.1) is 0 Å². The third-order valence-electron chi connectivity index (χ3n) is 2.12. The molecule has 0 aliphatic carbocycles. The molecule has 1 heteroatoms. The fourth-order valence-corrected chi connectivity index (χ4v) is 1.05. The molecule has 86 valence electrons. The standard InChI is InChI=1S/C8H10.C6H14O/c1-7-5-3-4-6-8(7)2;1-3-5-7-6-4-2/h3-6H,1-2H3;3-6H2,1-2H3. The number of benzene rings is 1. The lowest BCUT2D eigenvalue weighted by atomic mass is 10.1. The fourth-order valence-electron chi connectivity index (χ4n) is 1.05. The van der Waals surface area contributed by atoms with E-state index in [-0.39, 0.29) is 0 Å². The molecule has 0 amide bonds. The van der Waals surface area contributed by atoms with Crippen molar-refractivity contribution in [2.75, 3.05) is 13.2 Å². The molecule has 0 aliphatic rings. The van der Waals surface area contributed by atoms with E-state index in [1.54, 1.807) is 0 Å². The minimum absolute atomic E-state index is 0.924. The van der Waals surface area contributed by atoms with Gasteiger partial charge in [0.2, 0.25) is 0 Å². The molecule has 1 aromatic rings. The molecule has 0 aliphatic heterocycles. The van der Waals surface area contributed by atoms with Crippen molar-refractivity contribution in [3.05, 3.63) is 35.4 Å². The highest BCUT2D eigenvalue weighted by molar-refractivity contribution is 5.23. The Labute approximate surface area is 94.5 Å². The van der Waals surface area contributed by atoms with Gasteiger partial charge in [-0.2, -0.15) is 0 Å². The SMILES string of the molecule is CCCOCCC.Cc1ccccc1C. The van der Waals surface area contributed by atoms with Crippen molar-refractivity contribution in [3.63, 3.8) is 0 Å². The highest BCUT2D eigenvalue weighted by atomic mass is 16.5. The summed E-state index contributed by atoms with van der Waals surface area (Å²) in [5, 5.41) is 0. The van der Waals surface area contributed by atoms with E-state index in [9.17, 15) is 0 Å². The van der Waals surface area contributed by atoms with E-state index >= 15 is 0 Å². The zero-order valence-corrected chi connectivity index (χ0v) is 10.5. The van der Waals surface area contributed by atoms with Crippen LogP contribution in [0.2, 0.25) is 0 Å². The van der Waals surface area contributed by atoms with Crippen LogP contribution in [0.3, 0.4) is 0 Å². The highest BCUT2D eigenvalue weighted by Crippen LogP contribution is 2.02. The molecule has 0 saturated heterocycles. The van der Waals surface area contributed by atoms with E-state index in [0.29, 0.717) is 0 Å². The molecule has 1 aromatic carbocycles. The van der Waals surface area contributed by atoms with Gasteiger partial charge in [-0.05, 0) is 37.8 Å². The second-order valence-electron chi connectivity index (χ2n) is 3.70. The van der Waals surface area contributed by atoms with E-state index < -0.39 is 0 Å². The minimum atomic E-state index is 0.924. The predicted molar refractivity (Wildman–Crippen MR) is 67.3 cm³/mol. The molecule has 0 heterocycles. The Morgan fingerprint density at radius 1 is 0.867 bits per heavy atom. The molecule has 1 rings (SSSR count). The topological polar surface area (TPSA) is 9.23 Å². The van der Waals surface area contributed by atoms with Crippen LogP contribution in [-0.2, 0) is 4.74 Å². The first-order valence-corrected chi connectivity index (χ1v) is 5.82. The van der Waals surface area contributed by atoms with E-state index in [0.717, 1.165) is 26.1 Å². The second kappa shape index (κ2) is 9.72. The summed E-state index contributed by atoms with van der Waals surface area (Å²) in [7, 11) is 0. The van der Waals surface area contributed by atoms with Crippen molar-refractivity contribution in [2.45, 2.75) is 40.5 Å². The molecule has 0 N–H and O–H groups in total. The Bertz CT molecular complexity index is 218. The van der Waals surface area contributed by atoms with Crippen molar-refractivity contribution < 1.29 is 4.74 Å². The highest BCUT2D eigenvalue weighted by Gasteiger charge is 1.83. The quantitative estimate of drug-likeness (QED) is 0.676. The van der Waals surface area contributed by atoms with E-state index in [2.05, 4.69) is 52.0 Å². The van der Waals surface area contributed by atoms with Crippen molar-refractivity contribution in [2.24, 2.45) is 0 Å². The summed E-state index contributed by atoms with van der Waals surface area (Å²) in [5.74, 6) is 0. The monoisotopic (exact) mass is 208 g/mol. The first kappa shape index (κ1) is 14.2. The van der Waals surface area contributed by atoms with Gasteiger partial charge in [-0.3, -0.25) is 0 Å². The van der Waals surface area contributed by atoms with Gasteiger partial charge in [0.15, 0.2) is 0 Å². The number of hydrogen-bond acceptors (Lipinski definition) is 1. The van der Waals surface area contributed by atoms with Crippen molar-refractivity contribution in [1.29, 1.82) is 0 Å². The molecule has 0 saturated carbocycles. The van der Waals surface area contributed by atoms with Crippen LogP contribution in [0.1, 0.15) is 37.8 Å². The Morgan fingerprint density at radius 2 is 1.27 bits per heavy atom. The van der Waals surface area contributed by atoms with E-state index in [4.69, 9.17) is 4.74 Å². The minimum Gasteiger partial charge on any atom is -0.381 e. The molecular formula is C14H24O. The Kier molecular flexibility index (Phi) is 9.19. The number of rotatable bonds is 4. The normalized spacial score (nSPS) is 9.33. The molecule has 0 atom stereocenters. The van der Waals surface area contributed by atoms with Crippen LogP contribution in [-0.4, -0.2) is 13.2 Å². The lowest BCUT2D eigenvalue weighted by Crippen LogP contribution is -1.92. The molecule has 0 aromatic heterocycles. The largest absolute Gasteiger partial charge is 0.381 e. The van der Waals surface area contributed by atoms with Crippen LogP contribution in [0.15, 0.2) is 24.3 Å². The van der Waals surface area contributed by atoms with Gasteiger partial charge in [-0.1, -0.05) is 38.1 Å².